The number of hydrogen-bond donors (Lipinski definition) is 0. The minimum Gasteiger partial charge on any atom is -0.469 e. The van der Waals surface area contributed by atoms with Crippen LogP contribution in [0.25, 0.3) is 0 Å². The number of nitrogens with zero attached hydrogens (tertiary/aromatic N) is 2. The quantitative estimate of drug-likeness (QED) is 0.756. The molecule has 2 heterocycles. The van der Waals surface area contributed by atoms with Crippen LogP contribution in [0.2, 0.25) is 0 Å². The smallest absolute Gasteiger partial charge is 0.310 e. The van der Waals surface area contributed by atoms with E-state index >= 15 is 0 Å². The number of hydrogen-bond acceptors (Lipinski definition) is 4. The SMILES string of the molecule is COC(=O)C1CCCN(c2ncc(F)cc2F)C1. The van der Waals surface area contributed by atoms with Gasteiger partial charge in [0.1, 0.15) is 5.82 Å². The summed E-state index contributed by atoms with van der Waals surface area (Å²) in [5.41, 5.74) is 0. The molecule has 1 aromatic heterocycles. The fourth-order valence-corrected chi connectivity index (χ4v) is 2.17. The number of halogens is 2. The summed E-state index contributed by atoms with van der Waals surface area (Å²) < 4.78 is 31.0. The predicted molar refractivity (Wildman–Crippen MR) is 61.1 cm³/mol. The molecule has 0 saturated carbocycles. The van der Waals surface area contributed by atoms with Gasteiger partial charge in [0, 0.05) is 19.2 Å². The van der Waals surface area contributed by atoms with Crippen molar-refractivity contribution >= 4 is 11.8 Å². The number of esters is 1. The topological polar surface area (TPSA) is 42.4 Å². The van der Waals surface area contributed by atoms with E-state index < -0.39 is 11.6 Å². The van der Waals surface area contributed by atoms with Crippen molar-refractivity contribution in [1.29, 1.82) is 0 Å². The Balaban J connectivity index is 2.15. The molecule has 0 aromatic carbocycles. The van der Waals surface area contributed by atoms with Gasteiger partial charge < -0.3 is 9.64 Å². The van der Waals surface area contributed by atoms with Crippen LogP contribution in [0.4, 0.5) is 14.6 Å². The summed E-state index contributed by atoms with van der Waals surface area (Å²) in [5, 5.41) is 0. The molecule has 0 amide bonds. The van der Waals surface area contributed by atoms with Gasteiger partial charge in [-0.1, -0.05) is 0 Å². The molecule has 18 heavy (non-hydrogen) atoms. The molecule has 4 nitrogen and oxygen atoms in total. The summed E-state index contributed by atoms with van der Waals surface area (Å²) in [6.45, 7) is 0.950. The highest BCUT2D eigenvalue weighted by atomic mass is 19.1. The average Bonchev–Trinajstić information content (AvgIpc) is 2.38. The summed E-state index contributed by atoms with van der Waals surface area (Å²) in [7, 11) is 1.33. The molecule has 1 saturated heterocycles. The van der Waals surface area contributed by atoms with Gasteiger partial charge in [0.15, 0.2) is 11.6 Å². The van der Waals surface area contributed by atoms with Gasteiger partial charge in [-0.25, -0.2) is 13.8 Å². The maximum atomic E-state index is 13.6. The Bertz CT molecular complexity index is 454. The number of carbonyl (C=O) groups excluding carboxylic acids is 1. The molecule has 98 valence electrons. The average molecular weight is 256 g/mol. The van der Waals surface area contributed by atoms with Crippen molar-refractivity contribution in [2.24, 2.45) is 5.92 Å². The number of carbonyl (C=O) groups is 1. The van der Waals surface area contributed by atoms with Crippen molar-refractivity contribution in [3.63, 3.8) is 0 Å². The summed E-state index contributed by atoms with van der Waals surface area (Å²) in [6, 6.07) is 0.796. The van der Waals surface area contributed by atoms with E-state index in [-0.39, 0.29) is 17.7 Å². The van der Waals surface area contributed by atoms with Crippen molar-refractivity contribution in [3.8, 4) is 0 Å². The lowest BCUT2D eigenvalue weighted by Crippen LogP contribution is -2.40. The first-order valence-corrected chi connectivity index (χ1v) is 5.75. The van der Waals surface area contributed by atoms with Crippen molar-refractivity contribution in [3.05, 3.63) is 23.9 Å². The summed E-state index contributed by atoms with van der Waals surface area (Å²) >= 11 is 0. The normalized spacial score (nSPS) is 19.7. The lowest BCUT2D eigenvalue weighted by molar-refractivity contribution is -0.145. The molecule has 1 fully saturated rings. The summed E-state index contributed by atoms with van der Waals surface area (Å²) in [5.74, 6) is -1.92. The number of piperidine rings is 1. The molecule has 0 bridgehead atoms. The molecule has 0 N–H and O–H groups in total. The first-order valence-electron chi connectivity index (χ1n) is 5.75. The Morgan fingerprint density at radius 2 is 2.33 bits per heavy atom. The van der Waals surface area contributed by atoms with Crippen LogP contribution in [0.5, 0.6) is 0 Å². The second-order valence-electron chi connectivity index (χ2n) is 4.27. The third-order valence-electron chi connectivity index (χ3n) is 3.04. The van der Waals surface area contributed by atoms with Crippen LogP contribution < -0.4 is 4.90 Å². The third kappa shape index (κ3) is 2.57. The maximum Gasteiger partial charge on any atom is 0.310 e. The van der Waals surface area contributed by atoms with E-state index in [1.807, 2.05) is 0 Å². The molecule has 1 aromatic rings. The molecule has 0 aliphatic carbocycles. The zero-order chi connectivity index (χ0) is 13.1. The van der Waals surface area contributed by atoms with Crippen molar-refractivity contribution in [1.82, 2.24) is 4.98 Å². The highest BCUT2D eigenvalue weighted by Crippen LogP contribution is 2.24. The van der Waals surface area contributed by atoms with Crippen molar-refractivity contribution in [2.45, 2.75) is 12.8 Å². The van der Waals surface area contributed by atoms with E-state index in [1.54, 1.807) is 4.90 Å². The standard InChI is InChI=1S/C12H14F2N2O2/c1-18-12(17)8-3-2-4-16(7-8)11-10(14)5-9(13)6-15-11/h5-6,8H,2-4,7H2,1H3. The van der Waals surface area contributed by atoms with E-state index in [0.717, 1.165) is 18.7 Å². The van der Waals surface area contributed by atoms with Gasteiger partial charge in [-0.05, 0) is 12.8 Å². The second-order valence-corrected chi connectivity index (χ2v) is 4.27. The Hall–Kier alpha value is -1.72. The number of methoxy groups -OCH3 is 1. The van der Waals surface area contributed by atoms with Crippen LogP contribution in [0, 0.1) is 17.6 Å². The fraction of sp³-hybridized carbons (Fsp3) is 0.500. The van der Waals surface area contributed by atoms with Crippen LogP contribution >= 0.6 is 0 Å². The van der Waals surface area contributed by atoms with Crippen LogP contribution in [-0.4, -0.2) is 31.2 Å². The Labute approximate surface area is 104 Å². The minimum absolute atomic E-state index is 0.0880. The number of aromatic nitrogens is 1. The van der Waals surface area contributed by atoms with Crippen molar-refractivity contribution in [2.75, 3.05) is 25.1 Å². The van der Waals surface area contributed by atoms with Crippen LogP contribution in [0.3, 0.4) is 0 Å². The number of ether oxygens (including phenoxy) is 1. The highest BCUT2D eigenvalue weighted by molar-refractivity contribution is 5.73. The van der Waals surface area contributed by atoms with Crippen LogP contribution in [-0.2, 0) is 9.53 Å². The Morgan fingerprint density at radius 1 is 1.56 bits per heavy atom. The molecular weight excluding hydrogens is 242 g/mol. The molecule has 0 spiro atoms. The first kappa shape index (κ1) is 12.7. The molecule has 6 heteroatoms. The van der Waals surface area contributed by atoms with Crippen LogP contribution in [0.15, 0.2) is 12.3 Å². The minimum atomic E-state index is -0.710. The summed E-state index contributed by atoms with van der Waals surface area (Å²) in [6.07, 6.45) is 2.43. The predicted octanol–water partition coefficient (Wildman–Crippen LogP) is 1.75. The lowest BCUT2D eigenvalue weighted by atomic mass is 9.98. The molecule has 2 rings (SSSR count). The van der Waals surface area contributed by atoms with E-state index in [9.17, 15) is 13.6 Å². The monoisotopic (exact) mass is 256 g/mol. The number of pyridine rings is 1. The molecule has 1 aliphatic heterocycles. The third-order valence-corrected chi connectivity index (χ3v) is 3.04. The van der Waals surface area contributed by atoms with E-state index in [4.69, 9.17) is 0 Å². The van der Waals surface area contributed by atoms with Gasteiger partial charge in [-0.15, -0.1) is 0 Å². The van der Waals surface area contributed by atoms with E-state index in [0.29, 0.717) is 19.5 Å². The maximum absolute atomic E-state index is 13.6. The van der Waals surface area contributed by atoms with Crippen molar-refractivity contribution < 1.29 is 18.3 Å². The van der Waals surface area contributed by atoms with E-state index in [1.165, 1.54) is 7.11 Å². The summed E-state index contributed by atoms with van der Waals surface area (Å²) in [4.78, 5) is 16.9. The van der Waals surface area contributed by atoms with Gasteiger partial charge in [-0.3, -0.25) is 4.79 Å². The van der Waals surface area contributed by atoms with Gasteiger partial charge in [-0.2, -0.15) is 0 Å². The van der Waals surface area contributed by atoms with Crippen LogP contribution in [0.1, 0.15) is 12.8 Å². The Kier molecular flexibility index (Phi) is 3.74. The number of rotatable bonds is 2. The number of anilines is 1. The molecular formula is C12H14F2N2O2. The molecule has 1 atom stereocenters. The highest BCUT2D eigenvalue weighted by Gasteiger charge is 2.28. The first-order chi connectivity index (χ1) is 8.61. The largest absolute Gasteiger partial charge is 0.469 e. The molecule has 1 unspecified atom stereocenters. The second kappa shape index (κ2) is 5.29. The van der Waals surface area contributed by atoms with Gasteiger partial charge in [0.2, 0.25) is 0 Å². The fourth-order valence-electron chi connectivity index (χ4n) is 2.17. The van der Waals surface area contributed by atoms with E-state index in [2.05, 4.69) is 9.72 Å². The van der Waals surface area contributed by atoms with Gasteiger partial charge in [0.25, 0.3) is 0 Å². The van der Waals surface area contributed by atoms with Gasteiger partial charge in [0.05, 0.1) is 19.2 Å². The zero-order valence-electron chi connectivity index (χ0n) is 10.0. The molecule has 1 aliphatic rings. The lowest BCUT2D eigenvalue weighted by Gasteiger charge is -2.32. The Morgan fingerprint density at radius 3 is 3.00 bits per heavy atom. The zero-order valence-corrected chi connectivity index (χ0v) is 10.0. The van der Waals surface area contributed by atoms with Gasteiger partial charge >= 0.3 is 5.97 Å². The molecule has 0 radical (unpaired) electrons.